The fourth-order valence-electron chi connectivity index (χ4n) is 0.551. The number of ether oxygens (including phenoxy) is 1. The SMILES string of the molecule is COc1ncc(NC#N)cn1. The molecule has 0 saturated carbocycles. The third kappa shape index (κ3) is 1.79. The third-order valence-corrected chi connectivity index (χ3v) is 1.01. The van der Waals surface area contributed by atoms with E-state index in [1.165, 1.54) is 19.5 Å². The van der Waals surface area contributed by atoms with E-state index in [1.807, 2.05) is 0 Å². The van der Waals surface area contributed by atoms with Gasteiger partial charge in [0.05, 0.1) is 25.2 Å². The minimum absolute atomic E-state index is 0.286. The van der Waals surface area contributed by atoms with Crippen LogP contribution in [-0.2, 0) is 0 Å². The van der Waals surface area contributed by atoms with E-state index in [0.717, 1.165) is 0 Å². The van der Waals surface area contributed by atoms with Gasteiger partial charge in [-0.2, -0.15) is 5.26 Å². The average molecular weight is 150 g/mol. The second kappa shape index (κ2) is 3.37. The van der Waals surface area contributed by atoms with E-state index < -0.39 is 0 Å². The Labute approximate surface area is 63.7 Å². The van der Waals surface area contributed by atoms with Crippen molar-refractivity contribution < 1.29 is 4.74 Å². The van der Waals surface area contributed by atoms with Crippen molar-refractivity contribution >= 4 is 5.69 Å². The number of anilines is 1. The molecule has 0 spiro atoms. The van der Waals surface area contributed by atoms with Gasteiger partial charge in [0.2, 0.25) is 0 Å². The fourth-order valence-corrected chi connectivity index (χ4v) is 0.551. The summed E-state index contributed by atoms with van der Waals surface area (Å²) >= 11 is 0. The van der Waals surface area contributed by atoms with Crippen LogP contribution < -0.4 is 10.1 Å². The van der Waals surface area contributed by atoms with Gasteiger partial charge in [-0.05, 0) is 0 Å². The third-order valence-electron chi connectivity index (χ3n) is 1.01. The smallest absolute Gasteiger partial charge is 0.316 e. The summed E-state index contributed by atoms with van der Waals surface area (Å²) in [5.41, 5.74) is 0.549. The average Bonchev–Trinajstić information content (AvgIpc) is 2.07. The number of hydrogen-bond acceptors (Lipinski definition) is 5. The van der Waals surface area contributed by atoms with Crippen LogP contribution in [0.2, 0.25) is 0 Å². The van der Waals surface area contributed by atoms with Gasteiger partial charge in [0.25, 0.3) is 0 Å². The van der Waals surface area contributed by atoms with Crippen LogP contribution >= 0.6 is 0 Å². The number of nitrogens with one attached hydrogen (secondary N) is 1. The molecule has 1 aromatic heterocycles. The number of rotatable bonds is 2. The molecule has 0 bridgehead atoms. The van der Waals surface area contributed by atoms with E-state index in [9.17, 15) is 0 Å². The Kier molecular flexibility index (Phi) is 2.23. The van der Waals surface area contributed by atoms with Crippen LogP contribution in [0.15, 0.2) is 12.4 Å². The lowest BCUT2D eigenvalue weighted by Gasteiger charge is -1.97. The Bertz CT molecular complexity index is 263. The summed E-state index contributed by atoms with van der Waals surface area (Å²) < 4.78 is 4.71. The first-order valence-electron chi connectivity index (χ1n) is 2.88. The number of hydrogen-bond donors (Lipinski definition) is 1. The summed E-state index contributed by atoms with van der Waals surface area (Å²) in [5, 5.41) is 10.6. The lowest BCUT2D eigenvalue weighted by molar-refractivity contribution is 0.380. The zero-order valence-corrected chi connectivity index (χ0v) is 5.90. The number of nitrogens with zero attached hydrogens (tertiary/aromatic N) is 3. The van der Waals surface area contributed by atoms with E-state index in [0.29, 0.717) is 5.69 Å². The molecule has 0 saturated heterocycles. The molecule has 0 unspecified atom stereocenters. The molecule has 1 rings (SSSR count). The standard InChI is InChI=1S/C6H6N4O/c1-11-6-8-2-5(3-9-6)10-4-7/h2-3,10H,1H3. The van der Waals surface area contributed by atoms with Gasteiger partial charge in [0, 0.05) is 0 Å². The molecular formula is C6H6N4O. The highest BCUT2D eigenvalue weighted by Gasteiger charge is 1.93. The largest absolute Gasteiger partial charge is 0.467 e. The predicted molar refractivity (Wildman–Crippen MR) is 37.8 cm³/mol. The second-order valence-electron chi connectivity index (χ2n) is 1.70. The Morgan fingerprint density at radius 3 is 2.64 bits per heavy atom. The predicted octanol–water partition coefficient (Wildman–Crippen LogP) is 0.378. The summed E-state index contributed by atoms with van der Waals surface area (Å²) in [6.45, 7) is 0. The van der Waals surface area contributed by atoms with Crippen molar-refractivity contribution in [2.45, 2.75) is 0 Å². The van der Waals surface area contributed by atoms with E-state index in [2.05, 4.69) is 15.3 Å². The van der Waals surface area contributed by atoms with Gasteiger partial charge in [0.1, 0.15) is 0 Å². The minimum atomic E-state index is 0.286. The first-order chi connectivity index (χ1) is 5.36. The zero-order chi connectivity index (χ0) is 8.10. The van der Waals surface area contributed by atoms with Crippen LogP contribution in [0.1, 0.15) is 0 Å². The van der Waals surface area contributed by atoms with Gasteiger partial charge in [-0.3, -0.25) is 5.32 Å². The molecule has 5 heteroatoms. The topological polar surface area (TPSA) is 70.8 Å². The Morgan fingerprint density at radius 1 is 1.55 bits per heavy atom. The first-order valence-corrected chi connectivity index (χ1v) is 2.88. The van der Waals surface area contributed by atoms with Crippen LogP contribution in [0, 0.1) is 11.5 Å². The van der Waals surface area contributed by atoms with Crippen LogP contribution in [-0.4, -0.2) is 17.1 Å². The molecule has 1 heterocycles. The highest BCUT2D eigenvalue weighted by molar-refractivity contribution is 5.41. The molecule has 0 atom stereocenters. The molecule has 5 nitrogen and oxygen atoms in total. The van der Waals surface area contributed by atoms with E-state index in [-0.39, 0.29) is 6.01 Å². The molecule has 0 amide bonds. The van der Waals surface area contributed by atoms with Crippen LogP contribution in [0.3, 0.4) is 0 Å². The number of nitriles is 1. The molecule has 0 aliphatic rings. The molecule has 1 N–H and O–H groups in total. The summed E-state index contributed by atoms with van der Waals surface area (Å²) in [6, 6.07) is 0.286. The molecule has 56 valence electrons. The van der Waals surface area contributed by atoms with E-state index in [1.54, 1.807) is 6.19 Å². The molecule has 0 aliphatic carbocycles. The van der Waals surface area contributed by atoms with Gasteiger partial charge in [0.15, 0.2) is 6.19 Å². The number of aromatic nitrogens is 2. The van der Waals surface area contributed by atoms with Crippen molar-refractivity contribution in [1.82, 2.24) is 9.97 Å². The van der Waals surface area contributed by atoms with Crippen molar-refractivity contribution in [2.75, 3.05) is 12.4 Å². The molecule has 0 radical (unpaired) electrons. The van der Waals surface area contributed by atoms with Crippen LogP contribution in [0.4, 0.5) is 5.69 Å². The van der Waals surface area contributed by atoms with Gasteiger partial charge < -0.3 is 4.74 Å². The molecule has 1 aromatic rings. The summed E-state index contributed by atoms with van der Waals surface area (Å²) in [6.07, 6.45) is 4.69. The molecule has 0 fully saturated rings. The van der Waals surface area contributed by atoms with Crippen molar-refractivity contribution in [3.63, 3.8) is 0 Å². The number of methoxy groups -OCH3 is 1. The lowest BCUT2D eigenvalue weighted by Crippen LogP contribution is -1.93. The fraction of sp³-hybridized carbons (Fsp3) is 0.167. The van der Waals surface area contributed by atoms with Gasteiger partial charge >= 0.3 is 6.01 Å². The van der Waals surface area contributed by atoms with Crippen LogP contribution in [0.5, 0.6) is 6.01 Å². The second-order valence-corrected chi connectivity index (χ2v) is 1.70. The van der Waals surface area contributed by atoms with E-state index >= 15 is 0 Å². The maximum Gasteiger partial charge on any atom is 0.316 e. The summed E-state index contributed by atoms with van der Waals surface area (Å²) in [7, 11) is 1.48. The van der Waals surface area contributed by atoms with Crippen molar-refractivity contribution in [3.05, 3.63) is 12.4 Å². The minimum Gasteiger partial charge on any atom is -0.467 e. The molecule has 11 heavy (non-hydrogen) atoms. The monoisotopic (exact) mass is 150 g/mol. The molecule has 0 aliphatic heterocycles. The van der Waals surface area contributed by atoms with Crippen molar-refractivity contribution in [2.24, 2.45) is 0 Å². The highest BCUT2D eigenvalue weighted by Crippen LogP contribution is 2.04. The lowest BCUT2D eigenvalue weighted by atomic mass is 10.5. The maximum atomic E-state index is 8.20. The van der Waals surface area contributed by atoms with Crippen molar-refractivity contribution in [3.8, 4) is 12.2 Å². The zero-order valence-electron chi connectivity index (χ0n) is 5.90. The quantitative estimate of drug-likeness (QED) is 0.487. The van der Waals surface area contributed by atoms with E-state index in [4.69, 9.17) is 10.00 Å². The van der Waals surface area contributed by atoms with Crippen LogP contribution in [0.25, 0.3) is 0 Å². The van der Waals surface area contributed by atoms with Gasteiger partial charge in [-0.15, -0.1) is 0 Å². The van der Waals surface area contributed by atoms with Crippen molar-refractivity contribution in [1.29, 1.82) is 5.26 Å². The van der Waals surface area contributed by atoms with Gasteiger partial charge in [-0.1, -0.05) is 0 Å². The molecule has 0 aromatic carbocycles. The highest BCUT2D eigenvalue weighted by atomic mass is 16.5. The van der Waals surface area contributed by atoms with Gasteiger partial charge in [-0.25, -0.2) is 9.97 Å². The summed E-state index contributed by atoms with van der Waals surface area (Å²) in [4.78, 5) is 7.54. The Balaban J connectivity index is 2.76. The summed E-state index contributed by atoms with van der Waals surface area (Å²) in [5.74, 6) is 0. The maximum absolute atomic E-state index is 8.20. The molecular weight excluding hydrogens is 144 g/mol. The Morgan fingerprint density at radius 2 is 2.18 bits per heavy atom. The normalized spacial score (nSPS) is 8.36. The Hall–Kier alpha value is -1.83. The first kappa shape index (κ1) is 7.28.